The zero-order valence-corrected chi connectivity index (χ0v) is 24.4. The van der Waals surface area contributed by atoms with Gasteiger partial charge >= 0.3 is 0 Å². The van der Waals surface area contributed by atoms with Crippen LogP contribution in [0.3, 0.4) is 0 Å². The molecule has 202 valence electrons. The Labute approximate surface area is 245 Å². The number of carbonyl (C=O) groups excluding carboxylic acids is 1. The first kappa shape index (κ1) is 27.7. The zero-order valence-electron chi connectivity index (χ0n) is 22.1. The van der Waals surface area contributed by atoms with E-state index in [-0.39, 0.29) is 18.5 Å². The number of hydrogen-bond donors (Lipinski definition) is 0. The molecule has 0 aliphatic carbocycles. The zero-order chi connectivity index (χ0) is 27.2. The molecule has 7 heteroatoms. The van der Waals surface area contributed by atoms with E-state index < -0.39 is 0 Å². The van der Waals surface area contributed by atoms with Gasteiger partial charge in [-0.1, -0.05) is 77.8 Å². The van der Waals surface area contributed by atoms with Crippen molar-refractivity contribution in [2.75, 3.05) is 38.1 Å². The van der Waals surface area contributed by atoms with Crippen molar-refractivity contribution < 1.29 is 4.79 Å². The normalized spacial score (nSPS) is 14.3. The molecule has 2 heterocycles. The minimum atomic E-state index is -0.0421. The minimum Gasteiger partial charge on any atom is -0.358 e. The molecular weight excluding hydrogens is 545 g/mol. The topological polar surface area (TPSA) is 26.8 Å². The van der Waals surface area contributed by atoms with Gasteiger partial charge in [-0.05, 0) is 83.2 Å². The molecule has 1 unspecified atom stereocenters. The largest absolute Gasteiger partial charge is 0.358 e. The maximum absolute atomic E-state index is 13.9. The van der Waals surface area contributed by atoms with Crippen LogP contribution in [0, 0.1) is 0 Å². The molecule has 1 fully saturated rings. The first-order valence-corrected chi connectivity index (χ1v) is 15.0. The van der Waals surface area contributed by atoms with E-state index in [1.807, 2.05) is 42.3 Å². The number of carbonyl (C=O) groups is 1. The Hall–Kier alpha value is -2.83. The van der Waals surface area contributed by atoms with Gasteiger partial charge in [0.2, 0.25) is 5.91 Å². The van der Waals surface area contributed by atoms with E-state index in [0.717, 1.165) is 36.4 Å². The number of nitrogens with zero attached hydrogens (tertiary/aromatic N) is 3. The van der Waals surface area contributed by atoms with Crippen LogP contribution in [-0.4, -0.2) is 48.9 Å². The van der Waals surface area contributed by atoms with Crippen molar-refractivity contribution in [3.8, 4) is 11.1 Å². The maximum Gasteiger partial charge on any atom is 0.242 e. The number of benzene rings is 3. The molecule has 4 nitrogen and oxygen atoms in total. The molecule has 1 atom stereocenters. The second kappa shape index (κ2) is 13.0. The summed E-state index contributed by atoms with van der Waals surface area (Å²) in [7, 11) is 1.94. The summed E-state index contributed by atoms with van der Waals surface area (Å²) in [6.45, 7) is 3.80. The Kier molecular flexibility index (Phi) is 9.25. The molecule has 1 aromatic heterocycles. The molecular formula is C32H33Cl2N3OS. The average molecular weight is 579 g/mol. The molecule has 1 amide bonds. The fraction of sp³-hybridized carbons (Fsp3) is 0.281. The number of anilines is 1. The fourth-order valence-electron chi connectivity index (χ4n) is 5.16. The number of halogens is 2. The third-order valence-corrected chi connectivity index (χ3v) is 8.87. The number of likely N-dealkylation sites (N-methyl/N-ethyl adjacent to an activating group) is 1. The number of hydrogen-bond acceptors (Lipinski definition) is 4. The van der Waals surface area contributed by atoms with E-state index in [1.54, 1.807) is 17.4 Å². The van der Waals surface area contributed by atoms with E-state index in [1.165, 1.54) is 24.0 Å². The van der Waals surface area contributed by atoms with Crippen molar-refractivity contribution in [2.24, 2.45) is 0 Å². The summed E-state index contributed by atoms with van der Waals surface area (Å²) in [5, 5.41) is 5.24. The van der Waals surface area contributed by atoms with Crippen LogP contribution < -0.4 is 4.90 Å². The lowest BCUT2D eigenvalue weighted by Gasteiger charge is -2.34. The van der Waals surface area contributed by atoms with E-state index in [9.17, 15) is 4.79 Å². The highest BCUT2D eigenvalue weighted by Crippen LogP contribution is 2.30. The highest BCUT2D eigenvalue weighted by atomic mass is 35.5. The highest BCUT2D eigenvalue weighted by molar-refractivity contribution is 7.08. The van der Waals surface area contributed by atoms with Crippen molar-refractivity contribution in [3.63, 3.8) is 0 Å². The maximum atomic E-state index is 13.9. The summed E-state index contributed by atoms with van der Waals surface area (Å²) < 4.78 is 0. The molecule has 0 radical (unpaired) electrons. The molecule has 39 heavy (non-hydrogen) atoms. The van der Waals surface area contributed by atoms with Gasteiger partial charge in [-0.25, -0.2) is 0 Å². The summed E-state index contributed by atoms with van der Waals surface area (Å²) in [5.74, 6) is 0.0584. The van der Waals surface area contributed by atoms with Crippen molar-refractivity contribution in [1.29, 1.82) is 0 Å². The van der Waals surface area contributed by atoms with Gasteiger partial charge in [0.05, 0.1) is 22.6 Å². The van der Waals surface area contributed by atoms with Gasteiger partial charge in [0.15, 0.2) is 0 Å². The SMILES string of the molecule is CN(C(=O)CN(Cc1ccccc1)c1ccc(Cl)c(Cl)c1)C(CN1CCCC1)c1ccc(-c2ccsc2)cc1. The number of thiophene rings is 1. The molecule has 0 bridgehead atoms. The lowest BCUT2D eigenvalue weighted by Crippen LogP contribution is -2.43. The van der Waals surface area contributed by atoms with Crippen molar-refractivity contribution in [3.05, 3.63) is 111 Å². The Balaban J connectivity index is 1.39. The first-order valence-electron chi connectivity index (χ1n) is 13.3. The number of likely N-dealkylation sites (tertiary alicyclic amines) is 1. The molecule has 5 rings (SSSR count). The van der Waals surface area contributed by atoms with Crippen LogP contribution in [0.15, 0.2) is 89.6 Å². The first-order chi connectivity index (χ1) is 19.0. The van der Waals surface area contributed by atoms with E-state index in [4.69, 9.17) is 23.2 Å². The van der Waals surface area contributed by atoms with Crippen LogP contribution in [0.25, 0.3) is 11.1 Å². The standard InChI is InChI=1S/C32H33Cl2N3OS/c1-35(31(21-36-16-5-6-17-36)26-11-9-25(10-12-26)27-15-18-39-23-27)32(38)22-37(20-24-7-3-2-4-8-24)28-13-14-29(33)30(34)19-28/h2-4,7-15,18-19,23,31H,5-6,16-17,20-22H2,1H3. The van der Waals surface area contributed by atoms with Crippen LogP contribution >= 0.6 is 34.5 Å². The average Bonchev–Trinajstić information content (AvgIpc) is 3.68. The van der Waals surface area contributed by atoms with Crippen LogP contribution in [-0.2, 0) is 11.3 Å². The van der Waals surface area contributed by atoms with Gasteiger partial charge in [0, 0.05) is 25.8 Å². The van der Waals surface area contributed by atoms with Gasteiger partial charge in [-0.15, -0.1) is 0 Å². The molecule has 0 N–H and O–H groups in total. The van der Waals surface area contributed by atoms with E-state index >= 15 is 0 Å². The highest BCUT2D eigenvalue weighted by Gasteiger charge is 2.27. The third-order valence-electron chi connectivity index (χ3n) is 7.45. The summed E-state index contributed by atoms with van der Waals surface area (Å²) in [6, 6.07) is 26.5. The molecule has 1 saturated heterocycles. The van der Waals surface area contributed by atoms with Crippen molar-refractivity contribution >= 4 is 46.1 Å². The van der Waals surface area contributed by atoms with Crippen LogP contribution in [0.2, 0.25) is 10.0 Å². The molecule has 0 spiro atoms. The third kappa shape index (κ3) is 7.03. The molecule has 4 aromatic rings. The molecule has 1 aliphatic heterocycles. The van der Waals surface area contributed by atoms with Gasteiger partial charge in [0.25, 0.3) is 0 Å². The Bertz CT molecular complexity index is 1360. The predicted molar refractivity (Wildman–Crippen MR) is 165 cm³/mol. The second-order valence-corrected chi connectivity index (χ2v) is 11.7. The summed E-state index contributed by atoms with van der Waals surface area (Å²) in [5.41, 5.74) is 5.57. The Morgan fingerprint density at radius 3 is 2.33 bits per heavy atom. The van der Waals surface area contributed by atoms with Crippen LogP contribution in [0.1, 0.15) is 30.0 Å². The monoisotopic (exact) mass is 577 g/mol. The van der Waals surface area contributed by atoms with Crippen LogP contribution in [0.5, 0.6) is 0 Å². The van der Waals surface area contributed by atoms with Gasteiger partial charge in [-0.2, -0.15) is 11.3 Å². The lowest BCUT2D eigenvalue weighted by molar-refractivity contribution is -0.131. The van der Waals surface area contributed by atoms with E-state index in [0.29, 0.717) is 16.6 Å². The quantitative estimate of drug-likeness (QED) is 0.191. The predicted octanol–water partition coefficient (Wildman–Crippen LogP) is 8.02. The van der Waals surface area contributed by atoms with Crippen LogP contribution in [0.4, 0.5) is 5.69 Å². The summed E-state index contributed by atoms with van der Waals surface area (Å²) in [6.07, 6.45) is 2.42. The number of amides is 1. The molecule has 0 saturated carbocycles. The van der Waals surface area contributed by atoms with Crippen molar-refractivity contribution in [1.82, 2.24) is 9.80 Å². The van der Waals surface area contributed by atoms with Gasteiger partial charge in [0.1, 0.15) is 0 Å². The second-order valence-electron chi connectivity index (χ2n) is 10.1. The van der Waals surface area contributed by atoms with Gasteiger partial charge < -0.3 is 14.7 Å². The van der Waals surface area contributed by atoms with Crippen molar-refractivity contribution in [2.45, 2.75) is 25.4 Å². The summed E-state index contributed by atoms with van der Waals surface area (Å²) >= 11 is 14.3. The molecule has 1 aliphatic rings. The van der Waals surface area contributed by atoms with Gasteiger partial charge in [-0.3, -0.25) is 4.79 Å². The fourth-order valence-corrected chi connectivity index (χ4v) is 6.12. The molecule has 3 aromatic carbocycles. The lowest BCUT2D eigenvalue weighted by atomic mass is 10.0. The van der Waals surface area contributed by atoms with E-state index in [2.05, 4.69) is 63.0 Å². The minimum absolute atomic E-state index is 0.0421. The Morgan fingerprint density at radius 1 is 0.923 bits per heavy atom. The Morgan fingerprint density at radius 2 is 1.67 bits per heavy atom. The summed E-state index contributed by atoms with van der Waals surface area (Å²) in [4.78, 5) is 20.4. The number of rotatable bonds is 10. The smallest absolute Gasteiger partial charge is 0.242 e.